The van der Waals surface area contributed by atoms with Gasteiger partial charge in [0.2, 0.25) is 0 Å². The number of nitrogens with one attached hydrogen (secondary N) is 1. The van der Waals surface area contributed by atoms with Crippen LogP contribution in [0.4, 0.5) is 5.00 Å². The van der Waals surface area contributed by atoms with Crippen LogP contribution >= 0.6 is 11.3 Å². The third-order valence-corrected chi connectivity index (χ3v) is 5.35. The predicted octanol–water partition coefficient (Wildman–Crippen LogP) is 2.65. The first kappa shape index (κ1) is 15.7. The minimum absolute atomic E-state index is 0.276. The standard InChI is InChI=1S/C16H19N3O3S/c1-9-4-5-10-12(8-9)23-15(13(10)16(21)22-3)18-14(20)11-6-7-17-19(11)2/h6-7,9H,4-5,8H2,1-3H3,(H,18,20). The second-order valence-electron chi connectivity index (χ2n) is 5.84. The lowest BCUT2D eigenvalue weighted by Gasteiger charge is -2.18. The van der Waals surface area contributed by atoms with Crippen molar-refractivity contribution in [2.75, 3.05) is 12.4 Å². The Balaban J connectivity index is 1.97. The Labute approximate surface area is 138 Å². The molecule has 0 bridgehead atoms. The zero-order valence-electron chi connectivity index (χ0n) is 13.4. The van der Waals surface area contributed by atoms with E-state index in [4.69, 9.17) is 4.74 Å². The molecule has 2 heterocycles. The van der Waals surface area contributed by atoms with E-state index in [-0.39, 0.29) is 5.91 Å². The molecule has 3 rings (SSSR count). The summed E-state index contributed by atoms with van der Waals surface area (Å²) >= 11 is 1.48. The van der Waals surface area contributed by atoms with Crippen molar-refractivity contribution in [1.29, 1.82) is 0 Å². The molecule has 1 atom stereocenters. The van der Waals surface area contributed by atoms with Crippen LogP contribution in [0.25, 0.3) is 0 Å². The van der Waals surface area contributed by atoms with E-state index in [0.717, 1.165) is 24.8 Å². The Morgan fingerprint density at radius 3 is 2.91 bits per heavy atom. The van der Waals surface area contributed by atoms with E-state index in [1.165, 1.54) is 28.0 Å². The first-order valence-corrected chi connectivity index (χ1v) is 8.35. The van der Waals surface area contributed by atoms with Gasteiger partial charge in [0.1, 0.15) is 10.7 Å². The molecule has 1 aliphatic rings. The number of anilines is 1. The smallest absolute Gasteiger partial charge is 0.341 e. The number of aromatic nitrogens is 2. The summed E-state index contributed by atoms with van der Waals surface area (Å²) in [7, 11) is 3.07. The van der Waals surface area contributed by atoms with Crippen molar-refractivity contribution in [3.63, 3.8) is 0 Å². The van der Waals surface area contributed by atoms with Crippen LogP contribution in [0.5, 0.6) is 0 Å². The largest absolute Gasteiger partial charge is 0.465 e. The van der Waals surface area contributed by atoms with Crippen molar-refractivity contribution in [3.05, 3.63) is 34.0 Å². The maximum atomic E-state index is 12.4. The van der Waals surface area contributed by atoms with E-state index in [2.05, 4.69) is 17.3 Å². The third kappa shape index (κ3) is 2.88. The summed E-state index contributed by atoms with van der Waals surface area (Å²) in [4.78, 5) is 25.8. The number of nitrogens with zero attached hydrogens (tertiary/aromatic N) is 2. The fourth-order valence-electron chi connectivity index (χ4n) is 2.92. The van der Waals surface area contributed by atoms with Crippen molar-refractivity contribution in [2.24, 2.45) is 13.0 Å². The van der Waals surface area contributed by atoms with Gasteiger partial charge in [-0.25, -0.2) is 4.79 Å². The van der Waals surface area contributed by atoms with E-state index < -0.39 is 5.97 Å². The van der Waals surface area contributed by atoms with Gasteiger partial charge in [0.15, 0.2) is 0 Å². The normalized spacial score (nSPS) is 16.7. The molecule has 1 amide bonds. The van der Waals surface area contributed by atoms with Crippen molar-refractivity contribution in [3.8, 4) is 0 Å². The molecule has 0 aromatic carbocycles. The summed E-state index contributed by atoms with van der Waals surface area (Å²) in [6.07, 6.45) is 4.39. The number of carbonyl (C=O) groups excluding carboxylic acids is 2. The second kappa shape index (κ2) is 6.16. The first-order valence-electron chi connectivity index (χ1n) is 7.53. The van der Waals surface area contributed by atoms with Crippen LogP contribution in [0, 0.1) is 5.92 Å². The molecule has 0 aliphatic heterocycles. The molecule has 23 heavy (non-hydrogen) atoms. The summed E-state index contributed by atoms with van der Waals surface area (Å²) in [6, 6.07) is 1.64. The molecule has 0 radical (unpaired) electrons. The number of hydrogen-bond acceptors (Lipinski definition) is 5. The lowest BCUT2D eigenvalue weighted by Crippen LogP contribution is -2.18. The average molecular weight is 333 g/mol. The Hall–Kier alpha value is -2.15. The maximum Gasteiger partial charge on any atom is 0.341 e. The predicted molar refractivity (Wildman–Crippen MR) is 88.0 cm³/mol. The van der Waals surface area contributed by atoms with Crippen LogP contribution in [0.3, 0.4) is 0 Å². The van der Waals surface area contributed by atoms with E-state index in [9.17, 15) is 9.59 Å². The lowest BCUT2D eigenvalue weighted by atomic mass is 9.88. The molecule has 1 aliphatic carbocycles. The number of esters is 1. The number of amides is 1. The summed E-state index contributed by atoms with van der Waals surface area (Å²) in [5.41, 5.74) is 1.98. The number of methoxy groups -OCH3 is 1. The zero-order valence-corrected chi connectivity index (χ0v) is 14.2. The van der Waals surface area contributed by atoms with E-state index >= 15 is 0 Å². The molecule has 7 heteroatoms. The monoisotopic (exact) mass is 333 g/mol. The number of hydrogen-bond donors (Lipinski definition) is 1. The van der Waals surface area contributed by atoms with Gasteiger partial charge in [-0.2, -0.15) is 5.10 Å². The van der Waals surface area contributed by atoms with Crippen LogP contribution < -0.4 is 5.32 Å². The highest BCUT2D eigenvalue weighted by atomic mass is 32.1. The second-order valence-corrected chi connectivity index (χ2v) is 6.95. The number of carbonyl (C=O) groups is 2. The molecule has 0 spiro atoms. The van der Waals surface area contributed by atoms with Gasteiger partial charge < -0.3 is 10.1 Å². The molecule has 2 aromatic rings. The number of rotatable bonds is 3. The Bertz CT molecular complexity index is 763. The lowest BCUT2D eigenvalue weighted by molar-refractivity contribution is 0.0601. The number of ether oxygens (including phenoxy) is 1. The molecule has 2 aromatic heterocycles. The van der Waals surface area contributed by atoms with Crippen molar-refractivity contribution in [1.82, 2.24) is 9.78 Å². The molecule has 0 saturated heterocycles. The van der Waals surface area contributed by atoms with Gasteiger partial charge in [0, 0.05) is 18.1 Å². The van der Waals surface area contributed by atoms with Crippen LogP contribution in [-0.4, -0.2) is 28.8 Å². The number of fused-ring (bicyclic) bond motifs is 1. The minimum Gasteiger partial charge on any atom is -0.465 e. The van der Waals surface area contributed by atoms with Crippen LogP contribution in [0.2, 0.25) is 0 Å². The quantitative estimate of drug-likeness (QED) is 0.877. The van der Waals surface area contributed by atoms with Gasteiger partial charge in [-0.1, -0.05) is 6.92 Å². The minimum atomic E-state index is -0.391. The molecular weight excluding hydrogens is 314 g/mol. The zero-order chi connectivity index (χ0) is 16.6. The molecule has 0 saturated carbocycles. The summed E-state index contributed by atoms with van der Waals surface area (Å²) in [6.45, 7) is 2.20. The Morgan fingerprint density at radius 1 is 1.48 bits per heavy atom. The van der Waals surface area contributed by atoms with E-state index in [0.29, 0.717) is 22.2 Å². The fraction of sp³-hybridized carbons (Fsp3) is 0.438. The summed E-state index contributed by atoms with van der Waals surface area (Å²) < 4.78 is 6.43. The molecule has 6 nitrogen and oxygen atoms in total. The van der Waals surface area contributed by atoms with Crippen LogP contribution in [0.1, 0.15) is 44.6 Å². The maximum absolute atomic E-state index is 12.4. The van der Waals surface area contributed by atoms with Gasteiger partial charge in [-0.3, -0.25) is 9.48 Å². The molecule has 0 fully saturated rings. The molecular formula is C16H19N3O3S. The molecule has 122 valence electrons. The van der Waals surface area contributed by atoms with E-state index in [1.54, 1.807) is 19.3 Å². The summed E-state index contributed by atoms with van der Waals surface area (Å²) in [5.74, 6) is -0.0774. The molecule has 1 N–H and O–H groups in total. The van der Waals surface area contributed by atoms with Crippen LogP contribution in [-0.2, 0) is 24.6 Å². The van der Waals surface area contributed by atoms with E-state index in [1.807, 2.05) is 0 Å². The highest BCUT2D eigenvalue weighted by Gasteiger charge is 2.29. The average Bonchev–Trinajstić information content (AvgIpc) is 3.09. The van der Waals surface area contributed by atoms with Gasteiger partial charge in [-0.15, -0.1) is 11.3 Å². The number of thiophene rings is 1. The fourth-order valence-corrected chi connectivity index (χ4v) is 4.31. The highest BCUT2D eigenvalue weighted by molar-refractivity contribution is 7.17. The van der Waals surface area contributed by atoms with Gasteiger partial charge in [0.05, 0.1) is 12.7 Å². The highest BCUT2D eigenvalue weighted by Crippen LogP contribution is 2.40. The van der Waals surface area contributed by atoms with Crippen LogP contribution in [0.15, 0.2) is 12.3 Å². The van der Waals surface area contributed by atoms with Gasteiger partial charge >= 0.3 is 5.97 Å². The SMILES string of the molecule is COC(=O)c1c(NC(=O)c2ccnn2C)sc2c1CCC(C)C2. The first-order chi connectivity index (χ1) is 11.0. The summed E-state index contributed by atoms with van der Waals surface area (Å²) in [5, 5.41) is 7.43. The van der Waals surface area contributed by atoms with Crippen molar-refractivity contribution < 1.29 is 14.3 Å². The van der Waals surface area contributed by atoms with Gasteiger partial charge in [0.25, 0.3) is 5.91 Å². The Morgan fingerprint density at radius 2 is 2.26 bits per heavy atom. The topological polar surface area (TPSA) is 73.2 Å². The van der Waals surface area contributed by atoms with Crippen molar-refractivity contribution in [2.45, 2.75) is 26.2 Å². The Kier molecular flexibility index (Phi) is 4.21. The molecule has 1 unspecified atom stereocenters. The van der Waals surface area contributed by atoms with Gasteiger partial charge in [-0.05, 0) is 36.8 Å². The number of aryl methyl sites for hydroxylation is 1. The third-order valence-electron chi connectivity index (χ3n) is 4.18. The van der Waals surface area contributed by atoms with Crippen molar-refractivity contribution >= 4 is 28.2 Å².